The molecule has 1 atom stereocenters. The highest BCUT2D eigenvalue weighted by atomic mass is 16.4. The molecule has 6 nitrogen and oxygen atoms in total. The van der Waals surface area contributed by atoms with Crippen molar-refractivity contribution in [3.8, 4) is 0 Å². The minimum Gasteiger partial charge on any atom is -0.476 e. The summed E-state index contributed by atoms with van der Waals surface area (Å²) in [5.41, 5.74) is 3.36. The molecular weight excluding hydrogens is 352 g/mol. The Kier molecular flexibility index (Phi) is 4.96. The number of carboxylic acid groups (broad SMARTS) is 1. The third-order valence-corrected chi connectivity index (χ3v) is 5.64. The Morgan fingerprint density at radius 2 is 2.29 bits per heavy atom. The molecule has 1 N–H and O–H groups in total. The highest BCUT2D eigenvalue weighted by molar-refractivity contribution is 5.87. The van der Waals surface area contributed by atoms with Crippen molar-refractivity contribution in [2.45, 2.75) is 38.4 Å². The van der Waals surface area contributed by atoms with Crippen molar-refractivity contribution < 1.29 is 9.90 Å². The Morgan fingerprint density at radius 3 is 3.07 bits per heavy atom. The first-order chi connectivity index (χ1) is 13.6. The molecule has 0 fully saturated rings. The van der Waals surface area contributed by atoms with E-state index in [-0.39, 0.29) is 11.7 Å². The number of likely N-dealkylation sites (N-methyl/N-ethyl adjacent to an activating group) is 1. The smallest absolute Gasteiger partial charge is 0.356 e. The summed E-state index contributed by atoms with van der Waals surface area (Å²) in [6.07, 6.45) is 7.99. The number of aromatic carboxylic acids is 1. The third kappa shape index (κ3) is 3.31. The molecule has 6 heteroatoms. The van der Waals surface area contributed by atoms with Crippen molar-refractivity contribution in [1.82, 2.24) is 19.7 Å². The number of carbonyl (C=O) groups is 1. The minimum atomic E-state index is -0.955. The summed E-state index contributed by atoms with van der Waals surface area (Å²) in [7, 11) is 2.12. The first-order valence-corrected chi connectivity index (χ1v) is 9.53. The number of aromatic nitrogens is 3. The van der Waals surface area contributed by atoms with Crippen LogP contribution in [0.2, 0.25) is 0 Å². The standard InChI is InChI=1S/C22H24N4O2/c1-3-11-26-20-8-7-17(12-19(20)21(24-26)22(27)28)25(2)14-16-6-4-5-15-13-23-10-9-18(15)16/h3-6,9-10,13,17H,1,7-8,11-12,14H2,2H3,(H,27,28)/t17-/m1/s1. The van der Waals surface area contributed by atoms with Gasteiger partial charge in [0, 0.05) is 41.6 Å². The van der Waals surface area contributed by atoms with Crippen LogP contribution in [0, 0.1) is 0 Å². The van der Waals surface area contributed by atoms with Gasteiger partial charge in [0.25, 0.3) is 0 Å². The van der Waals surface area contributed by atoms with E-state index in [1.165, 1.54) is 10.9 Å². The van der Waals surface area contributed by atoms with Crippen LogP contribution in [-0.4, -0.2) is 43.8 Å². The van der Waals surface area contributed by atoms with Gasteiger partial charge < -0.3 is 5.11 Å². The van der Waals surface area contributed by atoms with E-state index in [0.29, 0.717) is 13.0 Å². The molecule has 4 rings (SSSR count). The molecule has 28 heavy (non-hydrogen) atoms. The molecule has 0 amide bonds. The molecule has 2 aromatic heterocycles. The van der Waals surface area contributed by atoms with Gasteiger partial charge in [-0.1, -0.05) is 24.3 Å². The number of benzene rings is 1. The summed E-state index contributed by atoms with van der Waals surface area (Å²) in [6, 6.07) is 8.63. The first-order valence-electron chi connectivity index (χ1n) is 9.53. The molecule has 0 saturated carbocycles. The maximum Gasteiger partial charge on any atom is 0.356 e. The second kappa shape index (κ2) is 7.56. The van der Waals surface area contributed by atoms with Crippen LogP contribution in [0.5, 0.6) is 0 Å². The first kappa shape index (κ1) is 18.4. The fraction of sp³-hybridized carbons (Fsp3) is 0.318. The van der Waals surface area contributed by atoms with E-state index in [2.05, 4.69) is 52.9 Å². The Hall–Kier alpha value is -2.99. The van der Waals surface area contributed by atoms with E-state index in [9.17, 15) is 9.90 Å². The lowest BCUT2D eigenvalue weighted by Gasteiger charge is -2.32. The fourth-order valence-electron chi connectivity index (χ4n) is 4.22. The zero-order valence-corrected chi connectivity index (χ0v) is 16.0. The number of nitrogens with zero attached hydrogens (tertiary/aromatic N) is 4. The van der Waals surface area contributed by atoms with Crippen molar-refractivity contribution in [2.24, 2.45) is 0 Å². The van der Waals surface area contributed by atoms with E-state index in [1.54, 1.807) is 10.8 Å². The average molecular weight is 376 g/mol. The van der Waals surface area contributed by atoms with Gasteiger partial charge in [0.15, 0.2) is 5.69 Å². The highest BCUT2D eigenvalue weighted by Gasteiger charge is 2.30. The van der Waals surface area contributed by atoms with Gasteiger partial charge in [-0.3, -0.25) is 14.6 Å². The van der Waals surface area contributed by atoms with Gasteiger partial charge in [-0.15, -0.1) is 6.58 Å². The molecule has 144 valence electrons. The van der Waals surface area contributed by atoms with Gasteiger partial charge in [0.2, 0.25) is 0 Å². The lowest BCUT2D eigenvalue weighted by molar-refractivity contribution is 0.0687. The van der Waals surface area contributed by atoms with Crippen LogP contribution < -0.4 is 0 Å². The van der Waals surface area contributed by atoms with E-state index >= 15 is 0 Å². The van der Waals surface area contributed by atoms with Crippen LogP contribution in [0.3, 0.4) is 0 Å². The normalized spacial score (nSPS) is 16.3. The average Bonchev–Trinajstić information content (AvgIpc) is 3.07. The van der Waals surface area contributed by atoms with E-state index in [0.717, 1.165) is 36.0 Å². The lowest BCUT2D eigenvalue weighted by Crippen LogP contribution is -2.36. The monoisotopic (exact) mass is 376 g/mol. The predicted molar refractivity (Wildman–Crippen MR) is 108 cm³/mol. The number of pyridine rings is 1. The molecule has 1 aliphatic carbocycles. The summed E-state index contributed by atoms with van der Waals surface area (Å²) in [4.78, 5) is 18.2. The Morgan fingerprint density at radius 1 is 1.43 bits per heavy atom. The molecule has 0 radical (unpaired) electrons. The second-order valence-electron chi connectivity index (χ2n) is 7.38. The molecule has 0 aliphatic heterocycles. The predicted octanol–water partition coefficient (Wildman–Crippen LogP) is 3.30. The van der Waals surface area contributed by atoms with Gasteiger partial charge >= 0.3 is 5.97 Å². The van der Waals surface area contributed by atoms with Gasteiger partial charge in [-0.25, -0.2) is 4.79 Å². The number of carboxylic acids is 1. The lowest BCUT2D eigenvalue weighted by atomic mass is 9.90. The molecule has 1 aliphatic rings. The Labute approximate surface area is 164 Å². The summed E-state index contributed by atoms with van der Waals surface area (Å²) < 4.78 is 1.79. The Bertz CT molecular complexity index is 1030. The third-order valence-electron chi connectivity index (χ3n) is 5.64. The molecule has 2 heterocycles. The van der Waals surface area contributed by atoms with Gasteiger partial charge in [0.05, 0.1) is 6.54 Å². The number of hydrogen-bond acceptors (Lipinski definition) is 4. The molecule has 0 saturated heterocycles. The van der Waals surface area contributed by atoms with Crippen molar-refractivity contribution in [1.29, 1.82) is 0 Å². The number of rotatable bonds is 6. The van der Waals surface area contributed by atoms with Gasteiger partial charge in [-0.05, 0) is 43.3 Å². The van der Waals surface area contributed by atoms with Crippen LogP contribution in [0.1, 0.15) is 33.7 Å². The number of hydrogen-bond donors (Lipinski definition) is 1. The van der Waals surface area contributed by atoms with Crippen molar-refractivity contribution in [2.75, 3.05) is 7.05 Å². The molecule has 1 aromatic carbocycles. The highest BCUT2D eigenvalue weighted by Crippen LogP contribution is 2.29. The van der Waals surface area contributed by atoms with Crippen molar-refractivity contribution in [3.05, 3.63) is 71.8 Å². The van der Waals surface area contributed by atoms with Crippen molar-refractivity contribution >= 4 is 16.7 Å². The topological polar surface area (TPSA) is 71.2 Å². The van der Waals surface area contributed by atoms with Crippen LogP contribution in [0.25, 0.3) is 10.8 Å². The van der Waals surface area contributed by atoms with E-state index in [4.69, 9.17) is 0 Å². The summed E-state index contributed by atoms with van der Waals surface area (Å²) in [5, 5.41) is 16.3. The SMILES string of the molecule is C=CCn1nc(C(=O)O)c2c1CC[C@@H](N(C)Cc1cccc3cnccc13)C2. The van der Waals surface area contributed by atoms with E-state index in [1.807, 2.05) is 12.4 Å². The number of fused-ring (bicyclic) bond motifs is 2. The fourth-order valence-corrected chi connectivity index (χ4v) is 4.22. The maximum absolute atomic E-state index is 11.7. The van der Waals surface area contributed by atoms with Crippen LogP contribution >= 0.6 is 0 Å². The molecule has 0 spiro atoms. The maximum atomic E-state index is 11.7. The molecule has 3 aromatic rings. The molecule has 0 unspecified atom stereocenters. The van der Waals surface area contributed by atoms with Crippen LogP contribution in [0.4, 0.5) is 0 Å². The summed E-state index contributed by atoms with van der Waals surface area (Å²) >= 11 is 0. The molecular formula is C22H24N4O2. The second-order valence-corrected chi connectivity index (χ2v) is 7.38. The quantitative estimate of drug-likeness (QED) is 0.669. The van der Waals surface area contributed by atoms with Crippen LogP contribution in [0.15, 0.2) is 49.3 Å². The molecule has 0 bridgehead atoms. The Balaban J connectivity index is 1.58. The van der Waals surface area contributed by atoms with E-state index < -0.39 is 5.97 Å². The zero-order valence-electron chi connectivity index (χ0n) is 16.0. The minimum absolute atomic E-state index is 0.186. The van der Waals surface area contributed by atoms with Crippen molar-refractivity contribution in [3.63, 3.8) is 0 Å². The van der Waals surface area contributed by atoms with Gasteiger partial charge in [0.1, 0.15) is 0 Å². The van der Waals surface area contributed by atoms with Crippen LogP contribution in [-0.2, 0) is 25.9 Å². The zero-order chi connectivity index (χ0) is 19.7. The summed E-state index contributed by atoms with van der Waals surface area (Å²) in [5.74, 6) is -0.955. The summed E-state index contributed by atoms with van der Waals surface area (Å²) in [6.45, 7) is 5.10. The number of allylic oxidation sites excluding steroid dienone is 1. The largest absolute Gasteiger partial charge is 0.476 e. The van der Waals surface area contributed by atoms with Gasteiger partial charge in [-0.2, -0.15) is 5.10 Å².